The Balaban J connectivity index is 1.38. The van der Waals surface area contributed by atoms with Crippen molar-refractivity contribution in [3.63, 3.8) is 0 Å². The monoisotopic (exact) mass is 466 g/mol. The first-order valence-corrected chi connectivity index (χ1v) is 13.5. The van der Waals surface area contributed by atoms with Gasteiger partial charge in [-0.2, -0.15) is 0 Å². The maximum Gasteiger partial charge on any atom is 0.192 e. The second-order valence-electron chi connectivity index (χ2n) is 8.33. The minimum absolute atomic E-state index is 0.310. The maximum atomic E-state index is 4.87. The Morgan fingerprint density at radius 1 is 1.10 bits per heavy atom. The van der Waals surface area contributed by atoms with Gasteiger partial charge >= 0.3 is 0 Å². The number of hydrogen-bond acceptors (Lipinski definition) is 6. The first kappa shape index (κ1) is 20.9. The van der Waals surface area contributed by atoms with E-state index in [9.17, 15) is 0 Å². The SMILES string of the molecule is Cc1cccc(-c2nc(CSc3nnc(-c4csc5c4CCCC5)n3C(C)C)cs2)c1. The highest BCUT2D eigenvalue weighted by Crippen LogP contribution is 2.38. The Kier molecular flexibility index (Phi) is 5.99. The number of nitrogens with zero attached hydrogens (tertiary/aromatic N) is 4. The van der Waals surface area contributed by atoms with Crippen LogP contribution in [0.3, 0.4) is 0 Å². The van der Waals surface area contributed by atoms with E-state index in [-0.39, 0.29) is 0 Å². The molecule has 31 heavy (non-hydrogen) atoms. The minimum Gasteiger partial charge on any atom is -0.299 e. The smallest absolute Gasteiger partial charge is 0.192 e. The maximum absolute atomic E-state index is 4.87. The molecule has 0 N–H and O–H groups in total. The molecule has 0 aliphatic heterocycles. The van der Waals surface area contributed by atoms with E-state index in [4.69, 9.17) is 4.98 Å². The molecule has 4 aromatic rings. The fraction of sp³-hybridized carbons (Fsp3) is 0.375. The van der Waals surface area contributed by atoms with Crippen LogP contribution < -0.4 is 0 Å². The zero-order valence-electron chi connectivity index (χ0n) is 18.1. The largest absolute Gasteiger partial charge is 0.299 e. The number of thiophene rings is 1. The van der Waals surface area contributed by atoms with Crippen LogP contribution >= 0.6 is 34.4 Å². The summed E-state index contributed by atoms with van der Waals surface area (Å²) < 4.78 is 2.30. The Labute approximate surface area is 195 Å². The van der Waals surface area contributed by atoms with Crippen molar-refractivity contribution in [2.75, 3.05) is 0 Å². The van der Waals surface area contributed by atoms with Crippen molar-refractivity contribution in [2.45, 2.75) is 63.4 Å². The van der Waals surface area contributed by atoms with Crippen LogP contribution in [0.2, 0.25) is 0 Å². The highest BCUT2D eigenvalue weighted by atomic mass is 32.2. The zero-order chi connectivity index (χ0) is 21.4. The molecule has 1 aliphatic rings. The third-order valence-electron chi connectivity index (χ3n) is 5.65. The number of fused-ring (bicyclic) bond motifs is 1. The van der Waals surface area contributed by atoms with Crippen molar-refractivity contribution in [3.8, 4) is 22.0 Å². The molecule has 3 heterocycles. The number of rotatable bonds is 6. The molecule has 4 nitrogen and oxygen atoms in total. The van der Waals surface area contributed by atoms with Crippen LogP contribution in [-0.4, -0.2) is 19.7 Å². The summed E-state index contributed by atoms with van der Waals surface area (Å²) in [6.07, 6.45) is 4.97. The molecule has 3 aromatic heterocycles. The fourth-order valence-electron chi connectivity index (χ4n) is 4.13. The summed E-state index contributed by atoms with van der Waals surface area (Å²) in [6, 6.07) is 8.85. The van der Waals surface area contributed by atoms with Crippen molar-refractivity contribution in [1.82, 2.24) is 19.7 Å². The average molecular weight is 467 g/mol. The predicted octanol–water partition coefficient (Wildman–Crippen LogP) is 7.19. The van der Waals surface area contributed by atoms with Gasteiger partial charge < -0.3 is 0 Å². The lowest BCUT2D eigenvalue weighted by Gasteiger charge is -2.16. The van der Waals surface area contributed by atoms with Crippen LogP contribution in [0.1, 0.15) is 54.4 Å². The molecule has 5 rings (SSSR count). The van der Waals surface area contributed by atoms with Crippen LogP contribution in [0.5, 0.6) is 0 Å². The summed E-state index contributed by atoms with van der Waals surface area (Å²) in [5.41, 5.74) is 6.35. The highest BCUT2D eigenvalue weighted by Gasteiger charge is 2.23. The molecule has 0 spiro atoms. The Bertz CT molecular complexity index is 1200. The summed E-state index contributed by atoms with van der Waals surface area (Å²) in [6.45, 7) is 6.55. The Hall–Kier alpha value is -1.96. The standard InChI is InChI=1S/C24H26N4S3/c1-15(2)28-22(20-14-29-21-10-5-4-9-19(20)21)26-27-24(28)31-13-18-12-30-23(25-18)17-8-6-7-16(3)11-17/h6-8,11-12,14-15H,4-5,9-10,13H2,1-3H3. The number of thioether (sulfide) groups is 1. The third kappa shape index (κ3) is 4.23. The van der Waals surface area contributed by atoms with Crippen LogP contribution in [0.25, 0.3) is 22.0 Å². The summed E-state index contributed by atoms with van der Waals surface area (Å²) in [5.74, 6) is 1.82. The summed E-state index contributed by atoms with van der Waals surface area (Å²) >= 11 is 5.33. The van der Waals surface area contributed by atoms with E-state index < -0.39 is 0 Å². The van der Waals surface area contributed by atoms with E-state index in [1.165, 1.54) is 47.9 Å². The third-order valence-corrected chi connectivity index (χ3v) is 8.65. The number of thiazole rings is 1. The summed E-state index contributed by atoms with van der Waals surface area (Å²) in [7, 11) is 0. The Morgan fingerprint density at radius 3 is 2.81 bits per heavy atom. The fourth-order valence-corrected chi connectivity index (χ4v) is 7.13. The van der Waals surface area contributed by atoms with Crippen LogP contribution in [0.15, 0.2) is 40.2 Å². The lowest BCUT2D eigenvalue weighted by molar-refractivity contribution is 0.554. The molecular weight excluding hydrogens is 440 g/mol. The summed E-state index contributed by atoms with van der Waals surface area (Å²) in [5, 5.41) is 15.7. The van der Waals surface area contributed by atoms with Crippen molar-refractivity contribution in [2.24, 2.45) is 0 Å². The second-order valence-corrected chi connectivity index (χ2v) is 11.1. The van der Waals surface area contributed by atoms with Crippen LogP contribution in [-0.2, 0) is 18.6 Å². The number of aryl methyl sites for hydroxylation is 2. The van der Waals surface area contributed by atoms with E-state index in [0.29, 0.717) is 6.04 Å². The van der Waals surface area contributed by atoms with Gasteiger partial charge in [-0.05, 0) is 58.1 Å². The van der Waals surface area contributed by atoms with Crippen molar-refractivity contribution < 1.29 is 0 Å². The van der Waals surface area contributed by atoms with Gasteiger partial charge in [0.2, 0.25) is 0 Å². The average Bonchev–Trinajstić information content (AvgIpc) is 3.49. The van der Waals surface area contributed by atoms with Crippen molar-refractivity contribution in [3.05, 3.63) is 56.7 Å². The topological polar surface area (TPSA) is 43.6 Å². The van der Waals surface area contributed by atoms with E-state index >= 15 is 0 Å². The minimum atomic E-state index is 0.310. The van der Waals surface area contributed by atoms with Gasteiger partial charge in [-0.1, -0.05) is 35.5 Å². The van der Waals surface area contributed by atoms with Gasteiger partial charge in [-0.15, -0.1) is 32.9 Å². The number of aromatic nitrogens is 4. The van der Waals surface area contributed by atoms with Gasteiger partial charge in [0.05, 0.1) is 5.69 Å². The van der Waals surface area contributed by atoms with E-state index in [0.717, 1.165) is 27.4 Å². The molecule has 0 amide bonds. The molecule has 0 saturated heterocycles. The predicted molar refractivity (Wildman–Crippen MR) is 132 cm³/mol. The van der Waals surface area contributed by atoms with Gasteiger partial charge in [0.25, 0.3) is 0 Å². The molecule has 1 aromatic carbocycles. The molecule has 0 bridgehead atoms. The van der Waals surface area contributed by atoms with Crippen molar-refractivity contribution in [1.29, 1.82) is 0 Å². The molecule has 0 fully saturated rings. The first-order valence-electron chi connectivity index (χ1n) is 10.8. The highest BCUT2D eigenvalue weighted by molar-refractivity contribution is 7.98. The molecule has 0 saturated carbocycles. The molecule has 0 atom stereocenters. The van der Waals surface area contributed by atoms with Gasteiger partial charge in [-0.25, -0.2) is 4.98 Å². The molecular formula is C24H26N4S3. The van der Waals surface area contributed by atoms with Gasteiger partial charge in [0, 0.05) is 38.6 Å². The quantitative estimate of drug-likeness (QED) is 0.282. The summed E-state index contributed by atoms with van der Waals surface area (Å²) in [4.78, 5) is 6.41. The normalized spacial score (nSPS) is 13.7. The number of benzene rings is 1. The van der Waals surface area contributed by atoms with Gasteiger partial charge in [0.1, 0.15) is 5.01 Å². The van der Waals surface area contributed by atoms with E-state index in [1.54, 1.807) is 28.0 Å². The van der Waals surface area contributed by atoms with Crippen LogP contribution in [0, 0.1) is 6.92 Å². The first-order chi connectivity index (χ1) is 15.1. The Morgan fingerprint density at radius 2 is 1.97 bits per heavy atom. The lowest BCUT2D eigenvalue weighted by atomic mass is 9.95. The van der Waals surface area contributed by atoms with Gasteiger partial charge in [-0.3, -0.25) is 4.57 Å². The molecule has 0 radical (unpaired) electrons. The molecule has 1 aliphatic carbocycles. The van der Waals surface area contributed by atoms with Crippen molar-refractivity contribution >= 4 is 34.4 Å². The van der Waals surface area contributed by atoms with E-state index in [1.807, 2.05) is 11.3 Å². The lowest BCUT2D eigenvalue weighted by Crippen LogP contribution is -2.07. The number of hydrogen-bond donors (Lipinski definition) is 0. The molecule has 7 heteroatoms. The molecule has 160 valence electrons. The van der Waals surface area contributed by atoms with Gasteiger partial charge in [0.15, 0.2) is 11.0 Å². The zero-order valence-corrected chi connectivity index (χ0v) is 20.5. The van der Waals surface area contributed by atoms with E-state index in [2.05, 4.69) is 70.6 Å². The second kappa shape index (κ2) is 8.88. The molecule has 0 unspecified atom stereocenters. The van der Waals surface area contributed by atoms with Crippen LogP contribution in [0.4, 0.5) is 0 Å².